The van der Waals surface area contributed by atoms with Gasteiger partial charge in [-0.05, 0) is 37.8 Å². The van der Waals surface area contributed by atoms with E-state index in [1.807, 2.05) is 18.0 Å². The number of benzene rings is 1. The first kappa shape index (κ1) is 15.2. The number of carbonyl (C=O) groups is 1. The van der Waals surface area contributed by atoms with Crippen LogP contribution in [0.25, 0.3) is 0 Å². The van der Waals surface area contributed by atoms with E-state index in [9.17, 15) is 4.79 Å². The molecule has 3 heterocycles. The van der Waals surface area contributed by atoms with E-state index in [4.69, 9.17) is 0 Å². The van der Waals surface area contributed by atoms with Gasteiger partial charge in [0.25, 0.3) is 0 Å². The Morgan fingerprint density at radius 2 is 2.21 bits per heavy atom. The summed E-state index contributed by atoms with van der Waals surface area (Å²) in [6.07, 6.45) is 5.57. The van der Waals surface area contributed by atoms with Crippen LogP contribution in [0.15, 0.2) is 30.5 Å². The molecule has 1 saturated heterocycles. The van der Waals surface area contributed by atoms with E-state index < -0.39 is 0 Å². The van der Waals surface area contributed by atoms with Gasteiger partial charge in [-0.25, -0.2) is 4.98 Å². The monoisotopic (exact) mass is 324 g/mol. The van der Waals surface area contributed by atoms with E-state index >= 15 is 0 Å². The van der Waals surface area contributed by atoms with Crippen molar-refractivity contribution >= 4 is 11.6 Å². The molecule has 0 spiro atoms. The molecule has 0 bridgehead atoms. The minimum atomic E-state index is 0.122. The van der Waals surface area contributed by atoms with Gasteiger partial charge in [-0.15, -0.1) is 0 Å². The molecule has 2 aliphatic heterocycles. The second-order valence-corrected chi connectivity index (χ2v) is 6.81. The van der Waals surface area contributed by atoms with Crippen molar-refractivity contribution in [3.63, 3.8) is 0 Å². The second kappa shape index (κ2) is 6.30. The summed E-state index contributed by atoms with van der Waals surface area (Å²) >= 11 is 0. The number of aromatic amines is 1. The lowest BCUT2D eigenvalue weighted by Gasteiger charge is -2.25. The summed E-state index contributed by atoms with van der Waals surface area (Å²) in [5, 5.41) is 0. The third-order valence-electron chi connectivity index (χ3n) is 5.19. The van der Waals surface area contributed by atoms with Gasteiger partial charge in [-0.1, -0.05) is 18.2 Å². The highest BCUT2D eigenvalue weighted by molar-refractivity contribution is 5.77. The molecule has 1 aromatic carbocycles. The van der Waals surface area contributed by atoms with Gasteiger partial charge in [0.2, 0.25) is 5.91 Å². The van der Waals surface area contributed by atoms with Crippen molar-refractivity contribution in [3.05, 3.63) is 47.5 Å². The molecule has 1 aromatic heterocycles. The van der Waals surface area contributed by atoms with Crippen molar-refractivity contribution in [2.75, 3.05) is 24.5 Å². The quantitative estimate of drug-likeness (QED) is 0.941. The Morgan fingerprint density at radius 3 is 3.04 bits per heavy atom. The number of hydrogen-bond acceptors (Lipinski definition) is 3. The van der Waals surface area contributed by atoms with Crippen molar-refractivity contribution in [1.82, 2.24) is 14.9 Å². The Hall–Kier alpha value is -2.30. The first-order chi connectivity index (χ1) is 11.7. The molecule has 0 saturated carbocycles. The first-order valence-corrected chi connectivity index (χ1v) is 8.86. The first-order valence-electron chi connectivity index (χ1n) is 8.86. The molecule has 126 valence electrons. The summed E-state index contributed by atoms with van der Waals surface area (Å²) < 4.78 is 0. The molecule has 0 radical (unpaired) electrons. The average molecular weight is 324 g/mol. The van der Waals surface area contributed by atoms with Gasteiger partial charge in [0.15, 0.2) is 0 Å². The van der Waals surface area contributed by atoms with Crippen LogP contribution in [0.3, 0.4) is 0 Å². The highest BCUT2D eigenvalue weighted by Crippen LogP contribution is 2.31. The molecule has 0 aliphatic carbocycles. The topological polar surface area (TPSA) is 52.2 Å². The molecule has 5 nitrogen and oxygen atoms in total. The van der Waals surface area contributed by atoms with Crippen molar-refractivity contribution in [3.8, 4) is 0 Å². The normalized spacial score (nSPS) is 19.8. The van der Waals surface area contributed by atoms with Crippen LogP contribution in [-0.2, 0) is 11.2 Å². The smallest absolute Gasteiger partial charge is 0.224 e. The molecular formula is C19H24N4O. The maximum absolute atomic E-state index is 12.8. The lowest BCUT2D eigenvalue weighted by Crippen LogP contribution is -2.34. The number of likely N-dealkylation sites (tertiary alicyclic amines) is 1. The fraction of sp³-hybridized carbons (Fsp3) is 0.474. The number of aromatic nitrogens is 2. The Morgan fingerprint density at radius 1 is 1.33 bits per heavy atom. The van der Waals surface area contributed by atoms with Crippen molar-refractivity contribution in [2.45, 2.75) is 38.6 Å². The van der Waals surface area contributed by atoms with Crippen LogP contribution in [0, 0.1) is 6.92 Å². The summed E-state index contributed by atoms with van der Waals surface area (Å²) in [6, 6.07) is 8.64. The minimum Gasteiger partial charge on any atom is -0.370 e. The maximum atomic E-state index is 12.8. The summed E-state index contributed by atoms with van der Waals surface area (Å²) in [5.41, 5.74) is 3.75. The lowest BCUT2D eigenvalue weighted by atomic mass is 10.2. The number of fused-ring (bicyclic) bond motifs is 1. The van der Waals surface area contributed by atoms with E-state index in [1.165, 1.54) is 11.3 Å². The summed E-state index contributed by atoms with van der Waals surface area (Å²) in [4.78, 5) is 24.9. The van der Waals surface area contributed by atoms with Crippen LogP contribution in [0.5, 0.6) is 0 Å². The summed E-state index contributed by atoms with van der Waals surface area (Å²) in [7, 11) is 0. The number of imidazole rings is 1. The average Bonchev–Trinajstić information content (AvgIpc) is 3.31. The second-order valence-electron chi connectivity index (χ2n) is 6.81. The molecular weight excluding hydrogens is 300 g/mol. The van der Waals surface area contributed by atoms with Crippen molar-refractivity contribution in [2.24, 2.45) is 0 Å². The van der Waals surface area contributed by atoms with E-state index in [-0.39, 0.29) is 11.9 Å². The Kier molecular flexibility index (Phi) is 4.00. The molecule has 2 aliphatic rings. The van der Waals surface area contributed by atoms with E-state index in [2.05, 4.69) is 39.1 Å². The van der Waals surface area contributed by atoms with Gasteiger partial charge in [0.1, 0.15) is 5.82 Å². The van der Waals surface area contributed by atoms with Gasteiger partial charge >= 0.3 is 0 Å². The van der Waals surface area contributed by atoms with Crippen LogP contribution in [-0.4, -0.2) is 40.4 Å². The highest BCUT2D eigenvalue weighted by Gasteiger charge is 2.32. The van der Waals surface area contributed by atoms with E-state index in [1.54, 1.807) is 0 Å². The van der Waals surface area contributed by atoms with Gasteiger partial charge in [-0.3, -0.25) is 4.79 Å². The SMILES string of the molecule is Cc1cnc([C@@H]2CCCN2C(=O)CCN2CCc3ccccc32)[nH]1. The number of H-pyrrole nitrogens is 1. The predicted molar refractivity (Wildman–Crippen MR) is 94.0 cm³/mol. The standard InChI is InChI=1S/C19H24N4O/c1-14-13-20-19(21-14)17-7-4-10-23(17)18(24)9-12-22-11-8-15-5-2-3-6-16(15)22/h2-3,5-6,13,17H,4,7-12H2,1H3,(H,20,21)/t17-/m0/s1. The third kappa shape index (κ3) is 2.79. The Labute approximate surface area is 142 Å². The van der Waals surface area contributed by atoms with Gasteiger partial charge < -0.3 is 14.8 Å². The maximum Gasteiger partial charge on any atom is 0.224 e. The Balaban J connectivity index is 1.39. The Bertz CT molecular complexity index is 738. The highest BCUT2D eigenvalue weighted by atomic mass is 16.2. The number of carbonyl (C=O) groups excluding carboxylic acids is 1. The number of nitrogens with zero attached hydrogens (tertiary/aromatic N) is 3. The van der Waals surface area contributed by atoms with Gasteiger partial charge in [0, 0.05) is 43.6 Å². The van der Waals surface area contributed by atoms with Crippen LogP contribution in [0.1, 0.15) is 42.4 Å². The van der Waals surface area contributed by atoms with Crippen molar-refractivity contribution < 1.29 is 4.79 Å². The zero-order valence-electron chi connectivity index (χ0n) is 14.2. The fourth-order valence-corrected chi connectivity index (χ4v) is 3.96. The van der Waals surface area contributed by atoms with E-state index in [0.29, 0.717) is 6.42 Å². The number of aryl methyl sites for hydroxylation is 1. The number of nitrogens with one attached hydrogen (secondary N) is 1. The van der Waals surface area contributed by atoms with Gasteiger partial charge in [0.05, 0.1) is 6.04 Å². The lowest BCUT2D eigenvalue weighted by molar-refractivity contribution is -0.132. The number of amides is 1. The number of hydrogen-bond donors (Lipinski definition) is 1. The van der Waals surface area contributed by atoms with E-state index in [0.717, 1.165) is 50.4 Å². The van der Waals surface area contributed by atoms with Crippen LogP contribution in [0.4, 0.5) is 5.69 Å². The summed E-state index contributed by atoms with van der Waals surface area (Å²) in [6.45, 7) is 4.67. The molecule has 1 atom stereocenters. The molecule has 1 N–H and O–H groups in total. The number of anilines is 1. The molecule has 4 rings (SSSR count). The molecule has 0 unspecified atom stereocenters. The zero-order chi connectivity index (χ0) is 16.5. The third-order valence-corrected chi connectivity index (χ3v) is 5.19. The molecule has 2 aromatic rings. The largest absolute Gasteiger partial charge is 0.370 e. The van der Waals surface area contributed by atoms with Gasteiger partial charge in [-0.2, -0.15) is 0 Å². The predicted octanol–water partition coefficient (Wildman–Crippen LogP) is 2.83. The van der Waals surface area contributed by atoms with Crippen LogP contribution < -0.4 is 4.90 Å². The van der Waals surface area contributed by atoms with Crippen molar-refractivity contribution in [1.29, 1.82) is 0 Å². The van der Waals surface area contributed by atoms with Crippen LogP contribution >= 0.6 is 0 Å². The number of rotatable bonds is 4. The zero-order valence-corrected chi connectivity index (χ0v) is 14.2. The molecule has 1 amide bonds. The fourth-order valence-electron chi connectivity index (χ4n) is 3.96. The summed E-state index contributed by atoms with van der Waals surface area (Å²) in [5.74, 6) is 1.18. The molecule has 1 fully saturated rings. The van der Waals surface area contributed by atoms with Crippen LogP contribution in [0.2, 0.25) is 0 Å². The molecule has 5 heteroatoms. The number of para-hydroxylation sites is 1. The minimum absolute atomic E-state index is 0.122. The molecule has 24 heavy (non-hydrogen) atoms.